The van der Waals surface area contributed by atoms with Crippen LogP contribution in [0.3, 0.4) is 0 Å². The van der Waals surface area contributed by atoms with E-state index in [1.54, 1.807) is 60.7 Å². The van der Waals surface area contributed by atoms with Crippen molar-refractivity contribution in [1.29, 1.82) is 0 Å². The van der Waals surface area contributed by atoms with E-state index in [1.165, 1.54) is 36.4 Å². The van der Waals surface area contributed by atoms with Crippen LogP contribution in [0.2, 0.25) is 0 Å². The number of aromatic nitrogens is 1. The molecule has 0 bridgehead atoms. The third-order valence-electron chi connectivity index (χ3n) is 9.99. The van der Waals surface area contributed by atoms with Gasteiger partial charge in [0.25, 0.3) is 0 Å². The van der Waals surface area contributed by atoms with Gasteiger partial charge in [0.05, 0.1) is 26.9 Å². The van der Waals surface area contributed by atoms with Crippen LogP contribution in [0.4, 0.5) is 0 Å². The van der Waals surface area contributed by atoms with Crippen LogP contribution in [0.5, 0.6) is 0 Å². The Bertz CT molecular complexity index is 2760. The van der Waals surface area contributed by atoms with E-state index in [9.17, 15) is 46.5 Å². The number of aliphatic imine (C=N–C) groups is 1. The highest BCUT2D eigenvalue weighted by Crippen LogP contribution is 2.52. The van der Waals surface area contributed by atoms with Gasteiger partial charge < -0.3 is 20.3 Å². The van der Waals surface area contributed by atoms with E-state index in [0.29, 0.717) is 22.3 Å². The quantitative estimate of drug-likeness (QED) is 0.134. The number of rotatable bonds is 10. The molecule has 0 saturated heterocycles. The molecule has 54 heavy (non-hydrogen) atoms. The highest BCUT2D eigenvalue weighted by atomic mass is 32.2. The Morgan fingerprint density at radius 2 is 1.28 bits per heavy atom. The Kier molecular flexibility index (Phi) is 8.27. The number of aliphatic hydroxyl groups excluding tert-OH is 1. The predicted octanol–water partition coefficient (Wildman–Crippen LogP) is 5.82. The number of aromatic amines is 1. The first-order chi connectivity index (χ1) is 25.8. The summed E-state index contributed by atoms with van der Waals surface area (Å²) in [6.07, 6.45) is -0.0306. The molecule has 0 fully saturated rings. The molecule has 0 amide bonds. The lowest BCUT2D eigenvalue weighted by atomic mass is 9.91. The second kappa shape index (κ2) is 12.8. The van der Waals surface area contributed by atoms with Gasteiger partial charge in [-0.15, -0.1) is 0 Å². The van der Waals surface area contributed by atoms with Crippen molar-refractivity contribution < 1.29 is 46.5 Å². The van der Waals surface area contributed by atoms with E-state index in [2.05, 4.69) is 4.98 Å². The Hall–Kier alpha value is -6.12. The normalized spacial score (nSPS) is 19.0. The molecule has 272 valence electrons. The van der Waals surface area contributed by atoms with Crippen LogP contribution in [0.15, 0.2) is 112 Å². The average Bonchev–Trinajstić information content (AvgIpc) is 3.83. The lowest BCUT2D eigenvalue weighted by molar-refractivity contribution is -0.138. The fourth-order valence-electron chi connectivity index (χ4n) is 7.59. The number of sulfone groups is 2. The van der Waals surface area contributed by atoms with E-state index in [0.717, 1.165) is 0 Å². The van der Waals surface area contributed by atoms with Gasteiger partial charge in [-0.1, -0.05) is 66.7 Å². The molecule has 3 aliphatic rings. The molecule has 12 nitrogen and oxygen atoms in total. The third kappa shape index (κ3) is 5.48. The molecule has 0 radical (unpaired) electrons. The molecule has 4 heterocycles. The summed E-state index contributed by atoms with van der Waals surface area (Å²) >= 11 is 0. The zero-order valence-corrected chi connectivity index (χ0v) is 29.8. The zero-order valence-electron chi connectivity index (χ0n) is 28.2. The van der Waals surface area contributed by atoms with Crippen LogP contribution in [0.25, 0.3) is 21.9 Å². The first-order valence-corrected chi connectivity index (χ1v) is 19.9. The number of Topliss-reactive ketones (excluding diaryl/α,β-unsaturated/α-hetero) is 1. The number of aliphatic hydroxyl groups is 1. The molecule has 1 aromatic heterocycles. The van der Waals surface area contributed by atoms with Crippen molar-refractivity contribution in [3.8, 4) is 11.3 Å². The van der Waals surface area contributed by atoms with Crippen molar-refractivity contribution in [1.82, 2.24) is 4.98 Å². The number of ketones is 1. The van der Waals surface area contributed by atoms with Crippen molar-refractivity contribution in [2.45, 2.75) is 46.8 Å². The minimum Gasteiger partial charge on any atom is -0.506 e. The fourth-order valence-corrected chi connectivity index (χ4v) is 11.3. The highest BCUT2D eigenvalue weighted by molar-refractivity contribution is 8.01. The van der Waals surface area contributed by atoms with Gasteiger partial charge in [0.1, 0.15) is 16.7 Å². The standard InChI is InChI=1S/C40H30N2O10S2/c43-29(44)17-15-21-7-5-9-23(19-21)33-31-32(36(42-33)40-38(48)26-12-2-4-14-28(26)54(40,51)52)34(24-10-6-8-22(20-24)16-18-30(45)46)41-35(31)39-37(47)25-11-1-3-13-27(25)53(39,49)50/h1-14,19-20,35,39,42,48H,15-18H2,(H,43,44)(H,45,46). The third-order valence-corrected chi connectivity index (χ3v) is 14.0. The van der Waals surface area contributed by atoms with Gasteiger partial charge in [-0.05, 0) is 59.9 Å². The molecule has 0 saturated carbocycles. The summed E-state index contributed by atoms with van der Waals surface area (Å²) < 4.78 is 57.2. The number of benzene rings is 4. The number of fused-ring (bicyclic) bond motifs is 3. The lowest BCUT2D eigenvalue weighted by Gasteiger charge is -2.17. The summed E-state index contributed by atoms with van der Waals surface area (Å²) in [6, 6.07) is 24.0. The fraction of sp³-hybridized carbons (Fsp3) is 0.150. The van der Waals surface area contributed by atoms with Gasteiger partial charge in [0, 0.05) is 40.7 Å². The molecule has 2 atom stereocenters. The molecular weight excluding hydrogens is 733 g/mol. The van der Waals surface area contributed by atoms with Crippen molar-refractivity contribution >= 4 is 53.8 Å². The van der Waals surface area contributed by atoms with E-state index in [1.807, 2.05) is 0 Å². The summed E-state index contributed by atoms with van der Waals surface area (Å²) in [6.45, 7) is 0. The average molecular weight is 763 g/mol. The molecule has 4 aromatic carbocycles. The SMILES string of the molecule is O=C(O)CCc1cccc(C2=NC(C3C(=O)c4ccccc4S3(=O)=O)c3c(-c4cccc(CCC(=O)O)c4)[nH]c(C4=C(O)c5ccccc5S4(=O)=O)c32)c1. The van der Waals surface area contributed by atoms with Crippen molar-refractivity contribution in [2.24, 2.45) is 4.99 Å². The Morgan fingerprint density at radius 1 is 0.704 bits per heavy atom. The van der Waals surface area contributed by atoms with Crippen molar-refractivity contribution in [3.05, 3.63) is 142 Å². The lowest BCUT2D eigenvalue weighted by Crippen LogP contribution is -2.29. The number of nitrogens with zero attached hydrogens (tertiary/aromatic N) is 1. The van der Waals surface area contributed by atoms with E-state index in [-0.39, 0.29) is 74.8 Å². The molecule has 5 aromatic rings. The van der Waals surface area contributed by atoms with Gasteiger partial charge in [0.2, 0.25) is 9.84 Å². The van der Waals surface area contributed by atoms with Crippen LogP contribution in [-0.4, -0.2) is 65.8 Å². The van der Waals surface area contributed by atoms with E-state index in [4.69, 9.17) is 4.99 Å². The molecule has 14 heteroatoms. The number of aryl methyl sites for hydroxylation is 2. The highest BCUT2D eigenvalue weighted by Gasteiger charge is 2.53. The van der Waals surface area contributed by atoms with Crippen LogP contribution < -0.4 is 0 Å². The van der Waals surface area contributed by atoms with Crippen LogP contribution in [-0.2, 0) is 42.1 Å². The number of aliphatic carboxylic acids is 2. The smallest absolute Gasteiger partial charge is 0.303 e. The summed E-state index contributed by atoms with van der Waals surface area (Å²) in [5, 5.41) is 28.6. The van der Waals surface area contributed by atoms with Gasteiger partial charge >= 0.3 is 11.9 Å². The minimum absolute atomic E-state index is 0.00511. The Morgan fingerprint density at radius 3 is 1.89 bits per heavy atom. The maximum atomic E-state index is 14.3. The van der Waals surface area contributed by atoms with Crippen LogP contribution >= 0.6 is 0 Å². The number of carboxylic acid groups (broad SMARTS) is 2. The summed E-state index contributed by atoms with van der Waals surface area (Å²) in [5.74, 6) is -3.24. The Balaban J connectivity index is 1.43. The van der Waals surface area contributed by atoms with Gasteiger partial charge in [-0.2, -0.15) is 0 Å². The monoisotopic (exact) mass is 762 g/mol. The predicted molar refractivity (Wildman–Crippen MR) is 198 cm³/mol. The second-order valence-electron chi connectivity index (χ2n) is 13.3. The molecule has 4 N–H and O–H groups in total. The maximum absolute atomic E-state index is 14.3. The molecule has 8 rings (SSSR count). The number of hydrogen-bond acceptors (Lipinski definition) is 9. The second-order valence-corrected chi connectivity index (χ2v) is 17.2. The van der Waals surface area contributed by atoms with Gasteiger partial charge in [0.15, 0.2) is 20.9 Å². The van der Waals surface area contributed by atoms with Gasteiger partial charge in [-0.25, -0.2) is 16.8 Å². The number of carbonyl (C=O) groups excluding carboxylic acids is 1. The van der Waals surface area contributed by atoms with Crippen molar-refractivity contribution in [2.75, 3.05) is 0 Å². The minimum atomic E-state index is -4.38. The zero-order chi connectivity index (χ0) is 38.1. The first kappa shape index (κ1) is 34.9. The number of nitrogens with one attached hydrogen (secondary N) is 1. The summed E-state index contributed by atoms with van der Waals surface area (Å²) in [4.78, 5) is 44.5. The maximum Gasteiger partial charge on any atom is 0.303 e. The first-order valence-electron chi connectivity index (χ1n) is 16.9. The van der Waals surface area contributed by atoms with Gasteiger partial charge in [-0.3, -0.25) is 19.4 Å². The molecule has 3 aliphatic heterocycles. The van der Waals surface area contributed by atoms with Crippen LogP contribution in [0.1, 0.15) is 68.3 Å². The van der Waals surface area contributed by atoms with E-state index >= 15 is 0 Å². The molecule has 2 unspecified atom stereocenters. The topological polar surface area (TPSA) is 208 Å². The molecular formula is C40H30N2O10S2. The van der Waals surface area contributed by atoms with Crippen molar-refractivity contribution in [3.63, 3.8) is 0 Å². The molecule has 0 spiro atoms. The number of H-pyrrole nitrogens is 1. The van der Waals surface area contributed by atoms with Crippen LogP contribution in [0, 0.1) is 0 Å². The Labute approximate surface area is 309 Å². The summed E-state index contributed by atoms with van der Waals surface area (Å²) in [5.41, 5.74) is 2.79. The number of carbonyl (C=O) groups is 3. The number of hydrogen-bond donors (Lipinski definition) is 4. The molecule has 0 aliphatic carbocycles. The largest absolute Gasteiger partial charge is 0.506 e. The number of carboxylic acids is 2. The summed E-state index contributed by atoms with van der Waals surface area (Å²) in [7, 11) is -8.73. The van der Waals surface area contributed by atoms with E-state index < -0.39 is 59.4 Å².